The van der Waals surface area contributed by atoms with Crippen LogP contribution in [-0.4, -0.2) is 17.4 Å². The van der Waals surface area contributed by atoms with Gasteiger partial charge in [0.15, 0.2) is 0 Å². The molecule has 1 fully saturated rings. The molecule has 1 amide bonds. The summed E-state index contributed by atoms with van der Waals surface area (Å²) in [7, 11) is 0. The number of amides is 1. The molecule has 0 bridgehead atoms. The molecule has 1 rings (SSSR count). The van der Waals surface area contributed by atoms with E-state index in [1.165, 1.54) is 0 Å². The molecule has 0 unspecified atom stereocenters. The minimum absolute atomic E-state index is 0. The van der Waals surface area contributed by atoms with E-state index in [0.717, 1.165) is 13.0 Å². The number of carbonyl (C=O) groups excluding carboxylic acids is 1. The Bertz CT molecular complexity index is 124. The van der Waals surface area contributed by atoms with Crippen molar-refractivity contribution in [2.75, 3.05) is 6.54 Å². The minimum Gasteiger partial charge on any atom is -0.320 e. The van der Waals surface area contributed by atoms with Gasteiger partial charge < -0.3 is 4.90 Å². The van der Waals surface area contributed by atoms with Crippen LogP contribution in [0.1, 0.15) is 12.8 Å². The number of hydrogen-bond acceptors (Lipinski definition) is 1. The van der Waals surface area contributed by atoms with Crippen LogP contribution in [-0.2, 0) is 25.9 Å². The van der Waals surface area contributed by atoms with Crippen molar-refractivity contribution in [2.45, 2.75) is 12.8 Å². The second-order valence-corrected chi connectivity index (χ2v) is 1.87. The van der Waals surface area contributed by atoms with Crippen LogP contribution in [0, 0.1) is 0 Å². The molecule has 2 nitrogen and oxygen atoms in total. The Hall–Kier alpha value is -0.102. The molecular formula is C6H9NOPt. The van der Waals surface area contributed by atoms with E-state index in [1.807, 2.05) is 0 Å². The summed E-state index contributed by atoms with van der Waals surface area (Å²) in [5.41, 5.74) is 0. The summed E-state index contributed by atoms with van der Waals surface area (Å²) in [5.74, 6) is 0.208. The predicted molar refractivity (Wildman–Crippen MR) is 31.1 cm³/mol. The van der Waals surface area contributed by atoms with Crippen molar-refractivity contribution >= 4 is 5.91 Å². The minimum atomic E-state index is 0. The molecule has 0 radical (unpaired) electrons. The average molecular weight is 306 g/mol. The van der Waals surface area contributed by atoms with Gasteiger partial charge in [-0.25, -0.2) is 0 Å². The predicted octanol–water partition coefficient (Wildman–Crippen LogP) is 0.750. The Morgan fingerprint density at radius 3 is 2.56 bits per heavy atom. The number of carbonyl (C=O) groups is 1. The van der Waals surface area contributed by atoms with Crippen molar-refractivity contribution < 1.29 is 25.9 Å². The first kappa shape index (κ1) is 8.90. The van der Waals surface area contributed by atoms with E-state index in [2.05, 4.69) is 6.58 Å². The average Bonchev–Trinajstić information content (AvgIpc) is 2.14. The molecule has 1 aliphatic heterocycles. The van der Waals surface area contributed by atoms with Gasteiger partial charge in [-0.1, -0.05) is 6.58 Å². The number of likely N-dealkylation sites (tertiary alicyclic amines) is 1. The van der Waals surface area contributed by atoms with Gasteiger partial charge in [-0.3, -0.25) is 4.79 Å². The maximum absolute atomic E-state index is 10.7. The topological polar surface area (TPSA) is 20.3 Å². The van der Waals surface area contributed by atoms with E-state index in [9.17, 15) is 4.79 Å². The van der Waals surface area contributed by atoms with Crippen LogP contribution >= 0.6 is 0 Å². The molecule has 54 valence electrons. The van der Waals surface area contributed by atoms with Crippen LogP contribution < -0.4 is 0 Å². The Morgan fingerprint density at radius 1 is 1.67 bits per heavy atom. The molecule has 0 aromatic rings. The molecule has 0 aromatic heterocycles. The van der Waals surface area contributed by atoms with Gasteiger partial charge in [-0.05, 0) is 12.6 Å². The molecule has 0 aliphatic carbocycles. The van der Waals surface area contributed by atoms with Crippen LogP contribution in [0.15, 0.2) is 12.8 Å². The zero-order valence-corrected chi connectivity index (χ0v) is 7.35. The van der Waals surface area contributed by atoms with Gasteiger partial charge in [0.05, 0.1) is 0 Å². The van der Waals surface area contributed by atoms with E-state index in [4.69, 9.17) is 0 Å². The molecule has 0 saturated carbocycles. The third kappa shape index (κ3) is 1.94. The third-order valence-corrected chi connectivity index (χ3v) is 1.33. The first-order valence-electron chi connectivity index (χ1n) is 2.76. The molecule has 0 atom stereocenters. The summed E-state index contributed by atoms with van der Waals surface area (Å²) in [5, 5.41) is 0. The van der Waals surface area contributed by atoms with Gasteiger partial charge >= 0.3 is 0 Å². The van der Waals surface area contributed by atoms with E-state index in [0.29, 0.717) is 6.42 Å². The molecule has 3 heteroatoms. The molecule has 1 saturated heterocycles. The van der Waals surface area contributed by atoms with Crippen molar-refractivity contribution in [2.24, 2.45) is 0 Å². The molecule has 0 N–H and O–H groups in total. The van der Waals surface area contributed by atoms with Crippen LogP contribution in [0.4, 0.5) is 0 Å². The Morgan fingerprint density at radius 2 is 2.33 bits per heavy atom. The summed E-state index contributed by atoms with van der Waals surface area (Å²) in [6.45, 7) is 4.36. The summed E-state index contributed by atoms with van der Waals surface area (Å²) >= 11 is 0. The monoisotopic (exact) mass is 306 g/mol. The van der Waals surface area contributed by atoms with E-state index in [-0.39, 0.29) is 27.0 Å². The Kier molecular flexibility index (Phi) is 3.79. The fourth-order valence-electron chi connectivity index (χ4n) is 0.862. The van der Waals surface area contributed by atoms with Crippen LogP contribution in [0.5, 0.6) is 0 Å². The van der Waals surface area contributed by atoms with E-state index >= 15 is 0 Å². The fourth-order valence-corrected chi connectivity index (χ4v) is 0.862. The second-order valence-electron chi connectivity index (χ2n) is 1.87. The van der Waals surface area contributed by atoms with E-state index in [1.54, 1.807) is 11.1 Å². The maximum atomic E-state index is 10.7. The molecule has 0 spiro atoms. The number of nitrogens with zero attached hydrogens (tertiary/aromatic N) is 1. The zero-order valence-electron chi connectivity index (χ0n) is 5.08. The smallest absolute Gasteiger partial charge is 0.226 e. The first-order valence-corrected chi connectivity index (χ1v) is 2.76. The number of rotatable bonds is 1. The van der Waals surface area contributed by atoms with Gasteiger partial charge in [-0.2, -0.15) is 0 Å². The number of hydrogen-bond donors (Lipinski definition) is 0. The fraction of sp³-hybridized carbons (Fsp3) is 0.500. The molecule has 1 heterocycles. The van der Waals surface area contributed by atoms with Gasteiger partial charge in [-0.15, -0.1) is 0 Å². The van der Waals surface area contributed by atoms with Crippen molar-refractivity contribution in [1.29, 1.82) is 0 Å². The van der Waals surface area contributed by atoms with Crippen LogP contribution in [0.25, 0.3) is 0 Å². The summed E-state index contributed by atoms with van der Waals surface area (Å²) in [6.07, 6.45) is 3.28. The van der Waals surface area contributed by atoms with Crippen molar-refractivity contribution in [3.63, 3.8) is 0 Å². The van der Waals surface area contributed by atoms with Crippen LogP contribution in [0.3, 0.4) is 0 Å². The SMILES string of the molecule is C=CN1CCCC1=O.[Pt]. The normalized spacial score (nSPS) is 17.3. The van der Waals surface area contributed by atoms with Gasteiger partial charge in [0.1, 0.15) is 0 Å². The van der Waals surface area contributed by atoms with Crippen LogP contribution in [0.2, 0.25) is 0 Å². The molecule has 0 aromatic carbocycles. The quantitative estimate of drug-likeness (QED) is 0.700. The summed E-state index contributed by atoms with van der Waals surface area (Å²) in [6, 6.07) is 0. The van der Waals surface area contributed by atoms with E-state index < -0.39 is 0 Å². The first-order chi connectivity index (χ1) is 3.84. The molecule has 1 aliphatic rings. The van der Waals surface area contributed by atoms with Gasteiger partial charge in [0.2, 0.25) is 5.91 Å². The van der Waals surface area contributed by atoms with Gasteiger partial charge in [0.25, 0.3) is 0 Å². The molecule has 9 heavy (non-hydrogen) atoms. The summed E-state index contributed by atoms with van der Waals surface area (Å²) in [4.78, 5) is 12.3. The molecular weight excluding hydrogens is 297 g/mol. The van der Waals surface area contributed by atoms with Crippen molar-refractivity contribution in [3.8, 4) is 0 Å². The third-order valence-electron chi connectivity index (χ3n) is 1.33. The van der Waals surface area contributed by atoms with Crippen molar-refractivity contribution in [1.82, 2.24) is 4.90 Å². The largest absolute Gasteiger partial charge is 0.320 e. The second kappa shape index (κ2) is 3.84. The zero-order chi connectivity index (χ0) is 5.98. The Balaban J connectivity index is 0.000000640. The Labute approximate surface area is 69.2 Å². The van der Waals surface area contributed by atoms with Gasteiger partial charge in [0, 0.05) is 34.0 Å². The van der Waals surface area contributed by atoms with Crippen molar-refractivity contribution in [3.05, 3.63) is 12.8 Å². The standard InChI is InChI=1S/C6H9NO.Pt/c1-2-7-5-3-4-6(7)8;/h2H,1,3-5H2;. The maximum Gasteiger partial charge on any atom is 0.226 e. The summed E-state index contributed by atoms with van der Waals surface area (Å²) < 4.78 is 0.